The summed E-state index contributed by atoms with van der Waals surface area (Å²) >= 11 is 0. The van der Waals surface area contributed by atoms with Crippen molar-refractivity contribution in [3.8, 4) is 0 Å². The van der Waals surface area contributed by atoms with Gasteiger partial charge >= 0.3 is 0 Å². The van der Waals surface area contributed by atoms with Gasteiger partial charge in [0.25, 0.3) is 0 Å². The molecule has 0 spiro atoms. The maximum absolute atomic E-state index is 10.5. The van der Waals surface area contributed by atoms with Gasteiger partial charge in [-0.2, -0.15) is 0 Å². The Hall–Kier alpha value is -0.900. The van der Waals surface area contributed by atoms with Gasteiger partial charge in [0.15, 0.2) is 0 Å². The zero-order chi connectivity index (χ0) is 13.6. The maximum Gasteiger partial charge on any atom is 0.125 e. The van der Waals surface area contributed by atoms with E-state index in [9.17, 15) is 5.11 Å². The van der Waals surface area contributed by atoms with E-state index in [0.29, 0.717) is 5.92 Å². The van der Waals surface area contributed by atoms with Crippen LogP contribution in [0.1, 0.15) is 32.8 Å². The van der Waals surface area contributed by atoms with Gasteiger partial charge in [0.2, 0.25) is 0 Å². The smallest absolute Gasteiger partial charge is 0.125 e. The Morgan fingerprint density at radius 2 is 1.83 bits per heavy atom. The van der Waals surface area contributed by atoms with Gasteiger partial charge < -0.3 is 15.6 Å². The molecule has 0 aromatic heterocycles. The molecule has 2 unspecified atom stereocenters. The molecule has 0 aliphatic heterocycles. The second-order valence-corrected chi connectivity index (χ2v) is 5.35. The van der Waals surface area contributed by atoms with Crippen molar-refractivity contribution in [1.29, 1.82) is 0 Å². The van der Waals surface area contributed by atoms with Crippen LogP contribution < -0.4 is 5.73 Å². The van der Waals surface area contributed by atoms with Gasteiger partial charge in [0, 0.05) is 6.54 Å². The van der Waals surface area contributed by atoms with Crippen LogP contribution in [0.2, 0.25) is 0 Å². The Morgan fingerprint density at radius 1 is 1.22 bits per heavy atom. The first kappa shape index (κ1) is 15.2. The number of nitrogens with two attached hydrogens (primary N) is 1. The molecule has 1 aromatic carbocycles. The van der Waals surface area contributed by atoms with Crippen molar-refractivity contribution >= 4 is 0 Å². The van der Waals surface area contributed by atoms with Crippen LogP contribution in [-0.2, 0) is 10.3 Å². The molecule has 3 nitrogen and oxygen atoms in total. The second kappa shape index (κ2) is 6.88. The normalized spacial score (nSPS) is 16.6. The summed E-state index contributed by atoms with van der Waals surface area (Å²) in [6, 6.07) is 9.47. The highest BCUT2D eigenvalue weighted by Crippen LogP contribution is 2.21. The van der Waals surface area contributed by atoms with E-state index in [4.69, 9.17) is 10.5 Å². The van der Waals surface area contributed by atoms with Gasteiger partial charge in [0.1, 0.15) is 5.60 Å². The molecule has 0 aliphatic carbocycles. The Kier molecular flexibility index (Phi) is 5.79. The summed E-state index contributed by atoms with van der Waals surface area (Å²) in [5.74, 6) is 0.586. The lowest BCUT2D eigenvalue weighted by molar-refractivity contribution is -0.0715. The van der Waals surface area contributed by atoms with E-state index >= 15 is 0 Å². The Morgan fingerprint density at radius 3 is 2.33 bits per heavy atom. The zero-order valence-corrected chi connectivity index (χ0v) is 11.6. The maximum atomic E-state index is 10.5. The van der Waals surface area contributed by atoms with Crippen molar-refractivity contribution in [2.45, 2.75) is 38.9 Å². The summed E-state index contributed by atoms with van der Waals surface area (Å²) in [5.41, 5.74) is 5.42. The predicted octanol–water partition coefficient (Wildman–Crippen LogP) is 2.28. The van der Waals surface area contributed by atoms with Gasteiger partial charge in [-0.15, -0.1) is 0 Å². The monoisotopic (exact) mass is 251 g/mol. The van der Waals surface area contributed by atoms with Crippen LogP contribution in [0.15, 0.2) is 30.3 Å². The molecule has 1 rings (SSSR count). The number of hydrogen-bond donors (Lipinski definition) is 2. The van der Waals surface area contributed by atoms with E-state index in [1.54, 1.807) is 0 Å². The first-order valence-corrected chi connectivity index (χ1v) is 6.57. The van der Waals surface area contributed by atoms with E-state index in [-0.39, 0.29) is 19.3 Å². The molecule has 0 amide bonds. The predicted molar refractivity (Wildman–Crippen MR) is 74.3 cm³/mol. The average Bonchev–Trinajstić information content (AvgIpc) is 2.36. The molecular weight excluding hydrogens is 226 g/mol. The largest absolute Gasteiger partial charge is 0.381 e. The molecule has 0 bridgehead atoms. The Labute approximate surface area is 110 Å². The molecular formula is C15H25NO2. The van der Waals surface area contributed by atoms with Crippen LogP contribution >= 0.6 is 0 Å². The van der Waals surface area contributed by atoms with Gasteiger partial charge in [0.05, 0.1) is 12.7 Å². The van der Waals surface area contributed by atoms with E-state index in [1.807, 2.05) is 37.3 Å². The quantitative estimate of drug-likeness (QED) is 0.781. The third-order valence-electron chi connectivity index (χ3n) is 3.06. The van der Waals surface area contributed by atoms with Gasteiger partial charge in [-0.1, -0.05) is 44.2 Å². The third kappa shape index (κ3) is 4.41. The van der Waals surface area contributed by atoms with Crippen LogP contribution in [0.5, 0.6) is 0 Å². The first-order chi connectivity index (χ1) is 8.48. The molecule has 102 valence electrons. The van der Waals surface area contributed by atoms with Crippen molar-refractivity contribution in [1.82, 2.24) is 0 Å². The molecule has 0 saturated carbocycles. The fraction of sp³-hybridized carbons (Fsp3) is 0.600. The standard InChI is InChI=1S/C15H25NO2/c1-12(2)9-13(3)18-11-15(17,10-16)14-7-5-4-6-8-14/h4-8,12-13,17H,9-11,16H2,1-3H3. The summed E-state index contributed by atoms with van der Waals surface area (Å²) in [6.07, 6.45) is 1.11. The molecule has 0 aliphatic rings. The summed E-state index contributed by atoms with van der Waals surface area (Å²) in [7, 11) is 0. The van der Waals surface area contributed by atoms with Crippen LogP contribution in [0.25, 0.3) is 0 Å². The van der Waals surface area contributed by atoms with Gasteiger partial charge in [-0.25, -0.2) is 0 Å². The summed E-state index contributed by atoms with van der Waals surface area (Å²) in [5, 5.41) is 10.5. The van der Waals surface area contributed by atoms with E-state index < -0.39 is 5.60 Å². The molecule has 3 N–H and O–H groups in total. The van der Waals surface area contributed by atoms with Gasteiger partial charge in [-0.3, -0.25) is 0 Å². The lowest BCUT2D eigenvalue weighted by Crippen LogP contribution is -2.40. The summed E-state index contributed by atoms with van der Waals surface area (Å²) in [6.45, 7) is 6.74. The number of benzene rings is 1. The third-order valence-corrected chi connectivity index (χ3v) is 3.06. The molecule has 18 heavy (non-hydrogen) atoms. The Balaban J connectivity index is 2.61. The molecule has 0 saturated heterocycles. The Bertz CT molecular complexity index is 340. The van der Waals surface area contributed by atoms with Crippen LogP contribution in [0.4, 0.5) is 0 Å². The minimum Gasteiger partial charge on any atom is -0.381 e. The highest BCUT2D eigenvalue weighted by Gasteiger charge is 2.28. The number of aliphatic hydroxyl groups is 1. The summed E-state index contributed by atoms with van der Waals surface area (Å²) < 4.78 is 5.73. The molecule has 0 fully saturated rings. The highest BCUT2D eigenvalue weighted by atomic mass is 16.5. The fourth-order valence-corrected chi connectivity index (χ4v) is 2.02. The number of rotatable bonds is 7. The molecule has 2 atom stereocenters. The van der Waals surface area contributed by atoms with Crippen molar-refractivity contribution in [3.63, 3.8) is 0 Å². The summed E-state index contributed by atoms with van der Waals surface area (Å²) in [4.78, 5) is 0. The fourth-order valence-electron chi connectivity index (χ4n) is 2.02. The zero-order valence-electron chi connectivity index (χ0n) is 11.6. The van der Waals surface area contributed by atoms with Crippen molar-refractivity contribution in [2.75, 3.05) is 13.2 Å². The lowest BCUT2D eigenvalue weighted by Gasteiger charge is -2.29. The molecule has 3 heteroatoms. The molecule has 1 aromatic rings. The second-order valence-electron chi connectivity index (χ2n) is 5.35. The minimum absolute atomic E-state index is 0.131. The molecule has 0 heterocycles. The molecule has 0 radical (unpaired) electrons. The van der Waals surface area contributed by atoms with Crippen molar-refractivity contribution < 1.29 is 9.84 Å². The van der Waals surface area contributed by atoms with Crippen molar-refractivity contribution in [3.05, 3.63) is 35.9 Å². The highest BCUT2D eigenvalue weighted by molar-refractivity contribution is 5.22. The van der Waals surface area contributed by atoms with Crippen LogP contribution in [0, 0.1) is 5.92 Å². The SMILES string of the molecule is CC(C)CC(C)OCC(O)(CN)c1ccccc1. The van der Waals surface area contributed by atoms with Crippen LogP contribution in [-0.4, -0.2) is 24.4 Å². The number of hydrogen-bond acceptors (Lipinski definition) is 3. The topological polar surface area (TPSA) is 55.5 Å². The van der Waals surface area contributed by atoms with E-state index in [2.05, 4.69) is 13.8 Å². The van der Waals surface area contributed by atoms with Crippen molar-refractivity contribution in [2.24, 2.45) is 11.7 Å². The van der Waals surface area contributed by atoms with Gasteiger partial charge in [-0.05, 0) is 24.8 Å². The number of ether oxygens (including phenoxy) is 1. The average molecular weight is 251 g/mol. The minimum atomic E-state index is -1.09. The van der Waals surface area contributed by atoms with E-state index in [1.165, 1.54) is 0 Å². The lowest BCUT2D eigenvalue weighted by atomic mass is 9.95. The van der Waals surface area contributed by atoms with E-state index in [0.717, 1.165) is 12.0 Å². The first-order valence-electron chi connectivity index (χ1n) is 6.57. The van der Waals surface area contributed by atoms with Crippen LogP contribution in [0.3, 0.4) is 0 Å².